The fourth-order valence-electron chi connectivity index (χ4n) is 3.01. The summed E-state index contributed by atoms with van der Waals surface area (Å²) in [5.41, 5.74) is 3.08. The van der Waals surface area contributed by atoms with E-state index in [-0.39, 0.29) is 11.0 Å². The number of aromatic nitrogens is 2. The van der Waals surface area contributed by atoms with Crippen molar-refractivity contribution in [3.63, 3.8) is 0 Å². The summed E-state index contributed by atoms with van der Waals surface area (Å²) >= 11 is 7.53. The topological polar surface area (TPSA) is 58.2 Å². The Labute approximate surface area is 154 Å². The highest BCUT2D eigenvalue weighted by Gasteiger charge is 2.26. The first kappa shape index (κ1) is 16.2. The van der Waals surface area contributed by atoms with E-state index in [2.05, 4.69) is 11.1 Å². The number of nitriles is 1. The van der Waals surface area contributed by atoms with Gasteiger partial charge in [0.2, 0.25) is 0 Å². The molecule has 124 valence electrons. The van der Waals surface area contributed by atoms with E-state index in [0.29, 0.717) is 10.8 Å². The second kappa shape index (κ2) is 6.55. The summed E-state index contributed by atoms with van der Waals surface area (Å²) in [4.78, 5) is 17.5. The minimum atomic E-state index is 0.176. The van der Waals surface area contributed by atoms with Gasteiger partial charge in [-0.05, 0) is 43.2 Å². The van der Waals surface area contributed by atoms with Gasteiger partial charge in [0, 0.05) is 34.3 Å². The van der Waals surface area contributed by atoms with Crippen molar-refractivity contribution in [2.75, 3.05) is 0 Å². The van der Waals surface area contributed by atoms with E-state index >= 15 is 0 Å². The Morgan fingerprint density at radius 1 is 1.24 bits per heavy atom. The van der Waals surface area contributed by atoms with E-state index in [1.54, 1.807) is 28.9 Å². The van der Waals surface area contributed by atoms with Crippen molar-refractivity contribution in [1.82, 2.24) is 9.38 Å². The van der Waals surface area contributed by atoms with E-state index < -0.39 is 0 Å². The molecule has 4 rings (SSSR count). The van der Waals surface area contributed by atoms with Gasteiger partial charge >= 0.3 is 0 Å². The lowest BCUT2D eigenvalue weighted by Gasteiger charge is -2.23. The van der Waals surface area contributed by atoms with Crippen molar-refractivity contribution in [2.45, 2.75) is 24.2 Å². The van der Waals surface area contributed by atoms with Crippen LogP contribution < -0.4 is 0 Å². The van der Waals surface area contributed by atoms with Gasteiger partial charge in [-0.15, -0.1) is 0 Å². The summed E-state index contributed by atoms with van der Waals surface area (Å²) < 4.78 is 1.71. The number of carbonyl (C=O) groups is 1. The summed E-state index contributed by atoms with van der Waals surface area (Å²) in [5, 5.41) is 10.0. The summed E-state index contributed by atoms with van der Waals surface area (Å²) in [6, 6.07) is 11.3. The lowest BCUT2D eigenvalue weighted by Crippen LogP contribution is -2.19. The quantitative estimate of drug-likeness (QED) is 0.615. The molecule has 0 aliphatic heterocycles. The number of nitrogens with zero attached hydrogens (tertiary/aromatic N) is 3. The molecular formula is C19H14ClN3OS. The Balaban J connectivity index is 1.82. The normalized spacial score (nSPS) is 14.2. The third-order valence-corrected chi connectivity index (χ3v) is 6.00. The van der Waals surface area contributed by atoms with Crippen molar-refractivity contribution in [3.05, 3.63) is 53.6 Å². The van der Waals surface area contributed by atoms with Crippen molar-refractivity contribution >= 4 is 34.0 Å². The lowest BCUT2D eigenvalue weighted by molar-refractivity contribution is -0.116. The smallest absolute Gasteiger partial charge is 0.196 e. The number of hydrogen-bond donors (Lipinski definition) is 0. The van der Waals surface area contributed by atoms with Crippen molar-refractivity contribution in [3.8, 4) is 17.2 Å². The molecule has 25 heavy (non-hydrogen) atoms. The minimum Gasteiger partial charge on any atom is -0.291 e. The van der Waals surface area contributed by atoms with E-state index in [9.17, 15) is 10.1 Å². The maximum atomic E-state index is 12.4. The van der Waals surface area contributed by atoms with Gasteiger partial charge in [-0.3, -0.25) is 14.2 Å². The lowest BCUT2D eigenvalue weighted by atomic mass is 9.87. The molecule has 6 heteroatoms. The Bertz CT molecular complexity index is 1020. The highest BCUT2D eigenvalue weighted by Crippen LogP contribution is 2.39. The molecule has 0 aromatic carbocycles. The number of thioether (sulfide) groups is 1. The largest absolute Gasteiger partial charge is 0.291 e. The molecule has 0 unspecified atom stereocenters. The summed E-state index contributed by atoms with van der Waals surface area (Å²) in [7, 11) is 0. The van der Waals surface area contributed by atoms with Crippen LogP contribution in [0, 0.1) is 17.2 Å². The molecule has 1 fully saturated rings. The van der Waals surface area contributed by atoms with Crippen molar-refractivity contribution < 1.29 is 4.79 Å². The molecule has 0 N–H and O–H groups in total. The maximum absolute atomic E-state index is 12.4. The van der Waals surface area contributed by atoms with Gasteiger partial charge in [-0.2, -0.15) is 5.26 Å². The average Bonchev–Trinajstić information content (AvgIpc) is 2.95. The molecule has 0 radical (unpaired) electrons. The average molecular weight is 368 g/mol. The monoisotopic (exact) mass is 367 g/mol. The highest BCUT2D eigenvalue weighted by atomic mass is 35.5. The molecule has 0 spiro atoms. The maximum Gasteiger partial charge on any atom is 0.196 e. The van der Waals surface area contributed by atoms with E-state index in [0.717, 1.165) is 40.8 Å². The van der Waals surface area contributed by atoms with Crippen LogP contribution in [0.25, 0.3) is 16.6 Å². The van der Waals surface area contributed by atoms with Crippen LogP contribution >= 0.6 is 23.4 Å². The fourth-order valence-corrected chi connectivity index (χ4v) is 4.28. The van der Waals surface area contributed by atoms with Gasteiger partial charge in [0.05, 0.1) is 5.52 Å². The van der Waals surface area contributed by atoms with Crippen LogP contribution in [0.1, 0.15) is 25.0 Å². The van der Waals surface area contributed by atoms with Crippen LogP contribution in [0.2, 0.25) is 5.15 Å². The van der Waals surface area contributed by atoms with Gasteiger partial charge in [0.25, 0.3) is 0 Å². The second-order valence-corrected chi connectivity index (χ2v) is 7.48. The molecule has 3 aromatic rings. The van der Waals surface area contributed by atoms with E-state index in [1.165, 1.54) is 11.8 Å². The summed E-state index contributed by atoms with van der Waals surface area (Å²) in [6.07, 6.45) is 6.58. The van der Waals surface area contributed by atoms with E-state index in [1.807, 2.05) is 18.2 Å². The molecule has 1 aliphatic rings. The Morgan fingerprint density at radius 2 is 2.08 bits per heavy atom. The Hall–Kier alpha value is -2.29. The zero-order valence-corrected chi connectivity index (χ0v) is 14.8. The number of rotatable bonds is 3. The highest BCUT2D eigenvalue weighted by molar-refractivity contribution is 8.13. The van der Waals surface area contributed by atoms with Crippen LogP contribution in [0.3, 0.4) is 0 Å². The third kappa shape index (κ3) is 2.82. The number of pyridine rings is 2. The molecule has 1 saturated carbocycles. The first-order valence-corrected chi connectivity index (χ1v) is 9.24. The SMILES string of the molecule is N#Cc1ccc(-c2cnccc2SC(=O)C2CCC2)c2ccc(Cl)n12. The molecule has 0 atom stereocenters. The zero-order chi connectivity index (χ0) is 17.4. The molecular weight excluding hydrogens is 354 g/mol. The van der Waals surface area contributed by atoms with Gasteiger partial charge < -0.3 is 0 Å². The van der Waals surface area contributed by atoms with Crippen LogP contribution in [0.4, 0.5) is 0 Å². The first-order valence-electron chi connectivity index (χ1n) is 8.05. The van der Waals surface area contributed by atoms with Crippen LogP contribution in [0.5, 0.6) is 0 Å². The zero-order valence-electron chi connectivity index (χ0n) is 13.3. The Kier molecular flexibility index (Phi) is 4.24. The van der Waals surface area contributed by atoms with Crippen molar-refractivity contribution in [1.29, 1.82) is 5.26 Å². The predicted octanol–water partition coefficient (Wildman–Crippen LogP) is 4.95. The van der Waals surface area contributed by atoms with Gasteiger partial charge in [-0.25, -0.2) is 0 Å². The summed E-state index contributed by atoms with van der Waals surface area (Å²) in [5.74, 6) is 0.176. The molecule has 3 heterocycles. The molecule has 1 aliphatic carbocycles. The van der Waals surface area contributed by atoms with E-state index in [4.69, 9.17) is 11.6 Å². The van der Waals surface area contributed by atoms with Crippen LogP contribution in [-0.2, 0) is 4.79 Å². The predicted molar refractivity (Wildman–Crippen MR) is 98.6 cm³/mol. The first-order chi connectivity index (χ1) is 12.2. The number of carbonyl (C=O) groups excluding carboxylic acids is 1. The second-order valence-electron chi connectivity index (χ2n) is 6.04. The molecule has 0 saturated heterocycles. The molecule has 3 aromatic heterocycles. The van der Waals surface area contributed by atoms with Gasteiger partial charge in [0.1, 0.15) is 16.9 Å². The molecule has 0 amide bonds. The van der Waals surface area contributed by atoms with Crippen molar-refractivity contribution in [2.24, 2.45) is 5.92 Å². The standard InChI is InChI=1S/C19H14ClN3OS/c20-18-7-6-16-14(5-4-13(10-21)23(16)18)15-11-22-9-8-17(15)25-19(24)12-2-1-3-12/h4-9,11-12H,1-3H2. The number of fused-ring (bicyclic) bond motifs is 1. The third-order valence-electron chi connectivity index (χ3n) is 4.59. The van der Waals surface area contributed by atoms with Crippen LogP contribution in [-0.4, -0.2) is 14.5 Å². The molecule has 0 bridgehead atoms. The molecule has 4 nitrogen and oxygen atoms in total. The summed E-state index contributed by atoms with van der Waals surface area (Å²) in [6.45, 7) is 0. The van der Waals surface area contributed by atoms with Gasteiger partial charge in [-0.1, -0.05) is 29.8 Å². The number of halogens is 1. The number of hydrogen-bond acceptors (Lipinski definition) is 4. The van der Waals surface area contributed by atoms with Crippen LogP contribution in [0.15, 0.2) is 47.6 Å². The minimum absolute atomic E-state index is 0.176. The van der Waals surface area contributed by atoms with Gasteiger partial charge in [0.15, 0.2) is 5.12 Å². The fraction of sp³-hybridized carbons (Fsp3) is 0.211. The Morgan fingerprint density at radius 3 is 2.80 bits per heavy atom.